The smallest absolute Gasteiger partial charge is 0.234 e. The normalized spacial score (nSPS) is 24.8. The number of aromatic nitrogens is 1. The maximum Gasteiger partial charge on any atom is 0.234 e. The molecule has 1 unspecified atom stereocenters. The van der Waals surface area contributed by atoms with Gasteiger partial charge in [0.15, 0.2) is 0 Å². The van der Waals surface area contributed by atoms with E-state index in [9.17, 15) is 9.90 Å². The summed E-state index contributed by atoms with van der Waals surface area (Å²) in [6.45, 7) is 3.33. The Bertz CT molecular complexity index is 770. The van der Waals surface area contributed by atoms with Gasteiger partial charge in [-0.3, -0.25) is 14.7 Å². The molecule has 2 aliphatic rings. The van der Waals surface area contributed by atoms with Crippen LogP contribution in [0.15, 0.2) is 36.5 Å². The van der Waals surface area contributed by atoms with E-state index in [0.717, 1.165) is 42.4 Å². The Morgan fingerprint density at radius 1 is 1.31 bits per heavy atom. The quantitative estimate of drug-likeness (QED) is 0.850. The second kappa shape index (κ2) is 7.70. The zero-order chi connectivity index (χ0) is 17.9. The number of nitrogens with zero attached hydrogens (tertiary/aromatic N) is 2. The van der Waals surface area contributed by atoms with Crippen molar-refractivity contribution in [2.45, 2.75) is 25.0 Å². The lowest BCUT2D eigenvalue weighted by atomic mass is 9.75. The summed E-state index contributed by atoms with van der Waals surface area (Å²) < 4.78 is 5.34. The van der Waals surface area contributed by atoms with Crippen LogP contribution in [0.1, 0.15) is 24.4 Å². The minimum Gasteiger partial charge on any atom is -0.393 e. The van der Waals surface area contributed by atoms with Crippen molar-refractivity contribution in [3.8, 4) is 0 Å². The number of rotatable bonds is 5. The van der Waals surface area contributed by atoms with Crippen molar-refractivity contribution in [3.05, 3.63) is 42.1 Å². The Kier molecular flexibility index (Phi) is 5.15. The highest BCUT2D eigenvalue weighted by molar-refractivity contribution is 5.80. The van der Waals surface area contributed by atoms with Gasteiger partial charge in [0, 0.05) is 24.7 Å². The number of amides is 1. The Hall–Kier alpha value is -2.02. The van der Waals surface area contributed by atoms with Crippen molar-refractivity contribution in [1.29, 1.82) is 0 Å². The largest absolute Gasteiger partial charge is 0.393 e. The molecule has 1 saturated heterocycles. The molecule has 6 heteroatoms. The molecule has 2 aromatic rings. The first-order chi connectivity index (χ1) is 12.7. The molecule has 2 fully saturated rings. The molecular weight excluding hydrogens is 330 g/mol. The number of hydrogen-bond donors (Lipinski definition) is 2. The Balaban J connectivity index is 1.50. The van der Waals surface area contributed by atoms with Crippen molar-refractivity contribution < 1.29 is 14.6 Å². The number of hydrogen-bond acceptors (Lipinski definition) is 5. The fourth-order valence-electron chi connectivity index (χ4n) is 3.82. The number of pyridine rings is 1. The summed E-state index contributed by atoms with van der Waals surface area (Å²) in [5.41, 5.74) is 1.96. The average molecular weight is 355 g/mol. The van der Waals surface area contributed by atoms with Gasteiger partial charge in [0.05, 0.1) is 37.4 Å². The van der Waals surface area contributed by atoms with E-state index in [1.165, 1.54) is 0 Å². The van der Waals surface area contributed by atoms with Crippen LogP contribution in [0.5, 0.6) is 0 Å². The lowest BCUT2D eigenvalue weighted by Crippen LogP contribution is -2.47. The van der Waals surface area contributed by atoms with Crippen LogP contribution in [0.3, 0.4) is 0 Å². The maximum absolute atomic E-state index is 12.6. The summed E-state index contributed by atoms with van der Waals surface area (Å²) >= 11 is 0. The van der Waals surface area contributed by atoms with Gasteiger partial charge in [-0.1, -0.05) is 18.2 Å². The molecule has 0 radical (unpaired) electrons. The number of nitrogens with one attached hydrogen (secondary N) is 1. The van der Waals surface area contributed by atoms with Gasteiger partial charge in [0.1, 0.15) is 0 Å². The fraction of sp³-hybridized carbons (Fsp3) is 0.500. The van der Waals surface area contributed by atoms with E-state index in [1.807, 2.05) is 30.5 Å². The number of para-hydroxylation sites is 1. The third-order valence-electron chi connectivity index (χ3n) is 5.38. The van der Waals surface area contributed by atoms with Crippen molar-refractivity contribution in [1.82, 2.24) is 15.2 Å². The molecule has 1 aromatic heterocycles. The predicted molar refractivity (Wildman–Crippen MR) is 98.6 cm³/mol. The van der Waals surface area contributed by atoms with Gasteiger partial charge in [-0.05, 0) is 36.5 Å². The van der Waals surface area contributed by atoms with Crippen LogP contribution >= 0.6 is 0 Å². The molecule has 4 rings (SSSR count). The number of ether oxygens (including phenoxy) is 1. The summed E-state index contributed by atoms with van der Waals surface area (Å²) in [6.07, 6.45) is 3.03. The summed E-state index contributed by atoms with van der Waals surface area (Å²) in [6, 6.07) is 9.98. The van der Waals surface area contributed by atoms with Gasteiger partial charge in [-0.2, -0.15) is 0 Å². The van der Waals surface area contributed by atoms with Gasteiger partial charge in [0.2, 0.25) is 5.91 Å². The van der Waals surface area contributed by atoms with Gasteiger partial charge < -0.3 is 15.2 Å². The molecule has 26 heavy (non-hydrogen) atoms. The molecule has 6 nitrogen and oxygen atoms in total. The number of fused-ring (bicyclic) bond motifs is 1. The third kappa shape index (κ3) is 3.87. The molecule has 1 aromatic carbocycles. The third-order valence-corrected chi connectivity index (χ3v) is 5.38. The van der Waals surface area contributed by atoms with Gasteiger partial charge >= 0.3 is 0 Å². The Labute approximate surface area is 153 Å². The maximum atomic E-state index is 12.6. The van der Waals surface area contributed by atoms with Crippen LogP contribution < -0.4 is 5.32 Å². The summed E-state index contributed by atoms with van der Waals surface area (Å²) in [5.74, 6) is 0.271. The van der Waals surface area contributed by atoms with Crippen molar-refractivity contribution in [2.75, 3.05) is 32.8 Å². The lowest BCUT2D eigenvalue weighted by molar-refractivity contribution is -0.125. The SMILES string of the molecule is O=C(CN1CCOCC1)NC(c1cnc2ccccc2c1)C1CC(O)C1. The van der Waals surface area contributed by atoms with Crippen molar-refractivity contribution in [3.63, 3.8) is 0 Å². The van der Waals surface area contributed by atoms with Crippen LogP contribution in [0, 0.1) is 5.92 Å². The highest BCUT2D eigenvalue weighted by atomic mass is 16.5. The van der Waals surface area contributed by atoms with Gasteiger partial charge in [0.25, 0.3) is 0 Å². The number of morpholine rings is 1. The van der Waals surface area contributed by atoms with E-state index in [-0.39, 0.29) is 24.0 Å². The van der Waals surface area contributed by atoms with Crippen LogP contribution in [-0.2, 0) is 9.53 Å². The summed E-state index contributed by atoms with van der Waals surface area (Å²) in [5, 5.41) is 14.0. The highest BCUT2D eigenvalue weighted by Crippen LogP contribution is 2.38. The summed E-state index contributed by atoms with van der Waals surface area (Å²) in [7, 11) is 0. The van der Waals surface area contributed by atoms with Gasteiger partial charge in [-0.25, -0.2) is 0 Å². The number of benzene rings is 1. The van der Waals surface area contributed by atoms with Crippen LogP contribution in [0.25, 0.3) is 10.9 Å². The lowest BCUT2D eigenvalue weighted by Gasteiger charge is -2.38. The molecule has 1 atom stereocenters. The second-order valence-corrected chi connectivity index (χ2v) is 7.28. The summed E-state index contributed by atoms with van der Waals surface area (Å²) in [4.78, 5) is 19.3. The molecule has 2 N–H and O–H groups in total. The Morgan fingerprint density at radius 2 is 2.08 bits per heavy atom. The van der Waals surface area contributed by atoms with E-state index in [2.05, 4.69) is 21.3 Å². The molecule has 2 heterocycles. The molecule has 1 aliphatic heterocycles. The van der Waals surface area contributed by atoms with Gasteiger partial charge in [-0.15, -0.1) is 0 Å². The van der Waals surface area contributed by atoms with E-state index in [4.69, 9.17) is 4.74 Å². The molecule has 138 valence electrons. The first-order valence-corrected chi connectivity index (χ1v) is 9.31. The predicted octanol–water partition coefficient (Wildman–Crippen LogP) is 1.50. The van der Waals surface area contributed by atoms with Crippen LogP contribution in [0.4, 0.5) is 0 Å². The second-order valence-electron chi connectivity index (χ2n) is 7.28. The fourth-order valence-corrected chi connectivity index (χ4v) is 3.82. The topological polar surface area (TPSA) is 74.7 Å². The molecule has 0 spiro atoms. The molecular formula is C20H25N3O3. The minimum atomic E-state index is -0.257. The van der Waals surface area contributed by atoms with Crippen LogP contribution in [-0.4, -0.2) is 59.8 Å². The average Bonchev–Trinajstić information content (AvgIpc) is 2.64. The van der Waals surface area contributed by atoms with E-state index in [1.54, 1.807) is 0 Å². The first kappa shape index (κ1) is 17.4. The molecule has 1 aliphatic carbocycles. The van der Waals surface area contributed by atoms with E-state index < -0.39 is 0 Å². The van der Waals surface area contributed by atoms with Crippen molar-refractivity contribution in [2.24, 2.45) is 5.92 Å². The number of carbonyl (C=O) groups is 1. The highest BCUT2D eigenvalue weighted by Gasteiger charge is 2.36. The minimum absolute atomic E-state index is 0.0199. The molecule has 1 amide bonds. The number of aliphatic hydroxyl groups is 1. The standard InChI is InChI=1S/C20H25N3O3/c24-17-10-15(11-17)20(22-19(25)13-23-5-7-26-8-6-23)16-9-14-3-1-2-4-18(14)21-12-16/h1-4,9,12,15,17,20,24H,5-8,10-11,13H2,(H,22,25). The zero-order valence-corrected chi connectivity index (χ0v) is 14.8. The molecule has 1 saturated carbocycles. The number of carbonyl (C=O) groups excluding carboxylic acids is 1. The monoisotopic (exact) mass is 355 g/mol. The van der Waals surface area contributed by atoms with E-state index >= 15 is 0 Å². The zero-order valence-electron chi connectivity index (χ0n) is 14.8. The number of aliphatic hydroxyl groups excluding tert-OH is 1. The molecule has 0 bridgehead atoms. The van der Waals surface area contributed by atoms with E-state index in [0.29, 0.717) is 19.8 Å². The van der Waals surface area contributed by atoms with Crippen molar-refractivity contribution >= 4 is 16.8 Å². The Morgan fingerprint density at radius 3 is 2.85 bits per heavy atom. The first-order valence-electron chi connectivity index (χ1n) is 9.31. The van der Waals surface area contributed by atoms with Crippen LogP contribution in [0.2, 0.25) is 0 Å².